The molecule has 2 heterocycles. The molecule has 1 aliphatic heterocycles. The monoisotopic (exact) mass is 285 g/mol. The van der Waals surface area contributed by atoms with E-state index in [0.717, 1.165) is 49.8 Å². The lowest BCUT2D eigenvalue weighted by Crippen LogP contribution is -2.46. The normalized spacial score (nSPS) is 16.4. The van der Waals surface area contributed by atoms with Crippen LogP contribution in [0.2, 0.25) is 0 Å². The highest BCUT2D eigenvalue weighted by Gasteiger charge is 2.19. The van der Waals surface area contributed by atoms with E-state index in [0.29, 0.717) is 0 Å². The summed E-state index contributed by atoms with van der Waals surface area (Å²) in [5.41, 5.74) is 10.5. The maximum atomic E-state index is 6.07. The third kappa shape index (κ3) is 3.03. The number of anilines is 2. The highest BCUT2D eigenvalue weighted by molar-refractivity contribution is 5.67. The second-order valence-electron chi connectivity index (χ2n) is 5.72. The second-order valence-corrected chi connectivity index (χ2v) is 5.72. The average Bonchev–Trinajstić information content (AvgIpc) is 2.78. The summed E-state index contributed by atoms with van der Waals surface area (Å²) < 4.78 is 1.98. The number of hydrogen-bond acceptors (Lipinski definition) is 4. The van der Waals surface area contributed by atoms with E-state index >= 15 is 0 Å². The van der Waals surface area contributed by atoms with Gasteiger partial charge in [-0.25, -0.2) is 0 Å². The van der Waals surface area contributed by atoms with Crippen molar-refractivity contribution < 1.29 is 0 Å². The van der Waals surface area contributed by atoms with Crippen LogP contribution in [0, 0.1) is 6.92 Å². The zero-order valence-electron chi connectivity index (χ0n) is 12.8. The molecule has 1 aliphatic rings. The molecule has 5 nitrogen and oxygen atoms in total. The Balaban J connectivity index is 1.60. The van der Waals surface area contributed by atoms with Gasteiger partial charge in [-0.15, -0.1) is 0 Å². The smallest absolute Gasteiger partial charge is 0.0600 e. The molecule has 1 fully saturated rings. The number of aryl methyl sites for hydroxylation is 2. The molecule has 5 heteroatoms. The van der Waals surface area contributed by atoms with Gasteiger partial charge in [0.15, 0.2) is 0 Å². The van der Waals surface area contributed by atoms with Gasteiger partial charge in [0.05, 0.1) is 22.8 Å². The Kier molecular flexibility index (Phi) is 3.84. The van der Waals surface area contributed by atoms with Crippen molar-refractivity contribution in [1.29, 1.82) is 0 Å². The van der Waals surface area contributed by atoms with E-state index in [2.05, 4.69) is 33.1 Å². The van der Waals surface area contributed by atoms with Gasteiger partial charge in [0.1, 0.15) is 0 Å². The van der Waals surface area contributed by atoms with Crippen LogP contribution < -0.4 is 10.6 Å². The zero-order chi connectivity index (χ0) is 14.8. The first kappa shape index (κ1) is 13.9. The van der Waals surface area contributed by atoms with Crippen molar-refractivity contribution in [3.63, 3.8) is 0 Å². The van der Waals surface area contributed by atoms with Gasteiger partial charge in [0, 0.05) is 39.8 Å². The Hall–Kier alpha value is -2.01. The molecule has 112 valence electrons. The predicted molar refractivity (Wildman–Crippen MR) is 86.3 cm³/mol. The van der Waals surface area contributed by atoms with Crippen LogP contribution >= 0.6 is 0 Å². The van der Waals surface area contributed by atoms with Crippen molar-refractivity contribution in [2.24, 2.45) is 7.05 Å². The van der Waals surface area contributed by atoms with Crippen LogP contribution in [-0.2, 0) is 13.6 Å². The number of rotatable bonds is 3. The lowest BCUT2D eigenvalue weighted by molar-refractivity contribution is 0.244. The summed E-state index contributed by atoms with van der Waals surface area (Å²) in [4.78, 5) is 4.85. The number of nitrogens with two attached hydrogens (primary N) is 1. The topological polar surface area (TPSA) is 50.3 Å². The summed E-state index contributed by atoms with van der Waals surface area (Å²) in [5.74, 6) is 0. The van der Waals surface area contributed by atoms with E-state index in [9.17, 15) is 0 Å². The molecule has 2 aromatic rings. The molecule has 1 aromatic heterocycles. The third-order valence-corrected chi connectivity index (χ3v) is 4.13. The molecule has 0 spiro atoms. The summed E-state index contributed by atoms with van der Waals surface area (Å²) in [6.45, 7) is 7.16. The first-order valence-corrected chi connectivity index (χ1v) is 7.45. The van der Waals surface area contributed by atoms with Crippen LogP contribution in [0.1, 0.15) is 11.4 Å². The van der Waals surface area contributed by atoms with Crippen molar-refractivity contribution in [2.75, 3.05) is 36.8 Å². The molecule has 3 rings (SSSR count). The van der Waals surface area contributed by atoms with Crippen LogP contribution in [0.15, 0.2) is 30.3 Å². The Bertz CT molecular complexity index is 611. The summed E-state index contributed by atoms with van der Waals surface area (Å²) >= 11 is 0. The number of nitrogens with zero attached hydrogens (tertiary/aromatic N) is 4. The molecule has 21 heavy (non-hydrogen) atoms. The van der Waals surface area contributed by atoms with Gasteiger partial charge in [0.2, 0.25) is 0 Å². The maximum absolute atomic E-state index is 6.07. The van der Waals surface area contributed by atoms with Crippen molar-refractivity contribution in [3.8, 4) is 0 Å². The average molecular weight is 285 g/mol. The van der Waals surface area contributed by atoms with E-state index in [1.807, 2.05) is 30.8 Å². The second kappa shape index (κ2) is 5.77. The molecule has 0 radical (unpaired) electrons. The molecule has 0 aliphatic carbocycles. The number of piperazine rings is 1. The predicted octanol–water partition coefficient (Wildman–Crippen LogP) is 1.63. The molecule has 0 bridgehead atoms. The molecular formula is C16H23N5. The van der Waals surface area contributed by atoms with Gasteiger partial charge < -0.3 is 10.6 Å². The zero-order valence-corrected chi connectivity index (χ0v) is 12.8. The van der Waals surface area contributed by atoms with E-state index < -0.39 is 0 Å². The highest BCUT2D eigenvalue weighted by atomic mass is 15.3. The lowest BCUT2D eigenvalue weighted by Gasteiger charge is -2.36. The number of nitrogen functional groups attached to an aromatic ring is 1. The van der Waals surface area contributed by atoms with E-state index in [1.165, 1.54) is 5.69 Å². The quantitative estimate of drug-likeness (QED) is 0.871. The minimum absolute atomic E-state index is 0.869. The van der Waals surface area contributed by atoms with E-state index in [1.54, 1.807) is 0 Å². The highest BCUT2D eigenvalue weighted by Crippen LogP contribution is 2.23. The largest absolute Gasteiger partial charge is 0.397 e. The van der Waals surface area contributed by atoms with Gasteiger partial charge in [-0.1, -0.05) is 12.1 Å². The molecule has 1 aromatic carbocycles. The van der Waals surface area contributed by atoms with Crippen LogP contribution in [0.3, 0.4) is 0 Å². The SMILES string of the molecule is Cc1cc(CN2CCN(c3ccccc3N)CC2)n(C)n1. The minimum Gasteiger partial charge on any atom is -0.397 e. The van der Waals surface area contributed by atoms with Crippen molar-refractivity contribution in [1.82, 2.24) is 14.7 Å². The first-order chi connectivity index (χ1) is 10.1. The Labute approximate surface area is 126 Å². The van der Waals surface area contributed by atoms with Gasteiger partial charge in [0.25, 0.3) is 0 Å². The van der Waals surface area contributed by atoms with Gasteiger partial charge in [-0.05, 0) is 25.1 Å². The molecule has 0 amide bonds. The van der Waals surface area contributed by atoms with Crippen molar-refractivity contribution >= 4 is 11.4 Å². The number of benzene rings is 1. The van der Waals surface area contributed by atoms with Crippen molar-refractivity contribution in [2.45, 2.75) is 13.5 Å². The van der Waals surface area contributed by atoms with Crippen LogP contribution in [-0.4, -0.2) is 40.9 Å². The Morgan fingerprint density at radius 3 is 2.48 bits per heavy atom. The summed E-state index contributed by atoms with van der Waals surface area (Å²) in [7, 11) is 2.02. The number of hydrogen-bond donors (Lipinski definition) is 1. The first-order valence-electron chi connectivity index (χ1n) is 7.45. The minimum atomic E-state index is 0.869. The summed E-state index contributed by atoms with van der Waals surface area (Å²) in [5, 5.41) is 4.41. The van der Waals surface area contributed by atoms with E-state index in [4.69, 9.17) is 5.73 Å². The number of para-hydroxylation sites is 2. The molecule has 1 saturated heterocycles. The molecule has 0 saturated carbocycles. The molecule has 0 atom stereocenters. The van der Waals surface area contributed by atoms with Crippen LogP contribution in [0.25, 0.3) is 0 Å². The fourth-order valence-electron chi connectivity index (χ4n) is 2.96. The Morgan fingerprint density at radius 1 is 1.14 bits per heavy atom. The maximum Gasteiger partial charge on any atom is 0.0600 e. The molecule has 0 unspecified atom stereocenters. The lowest BCUT2D eigenvalue weighted by atomic mass is 10.2. The van der Waals surface area contributed by atoms with Crippen LogP contribution in [0.5, 0.6) is 0 Å². The fourth-order valence-corrected chi connectivity index (χ4v) is 2.96. The van der Waals surface area contributed by atoms with Crippen LogP contribution in [0.4, 0.5) is 11.4 Å². The summed E-state index contributed by atoms with van der Waals surface area (Å²) in [6.07, 6.45) is 0. The van der Waals surface area contributed by atoms with Gasteiger partial charge in [-0.2, -0.15) is 5.10 Å². The standard InChI is InChI=1S/C16H23N5/c1-13-11-14(19(2)18-13)12-20-7-9-21(10-8-20)16-6-4-3-5-15(16)17/h3-6,11H,7-10,12,17H2,1-2H3. The Morgan fingerprint density at radius 2 is 1.86 bits per heavy atom. The van der Waals surface area contributed by atoms with Gasteiger partial charge in [-0.3, -0.25) is 9.58 Å². The third-order valence-electron chi connectivity index (χ3n) is 4.13. The molecule has 2 N–H and O–H groups in total. The van der Waals surface area contributed by atoms with Crippen molar-refractivity contribution in [3.05, 3.63) is 41.7 Å². The van der Waals surface area contributed by atoms with Gasteiger partial charge >= 0.3 is 0 Å². The summed E-state index contributed by atoms with van der Waals surface area (Å²) in [6, 6.07) is 10.3. The number of aromatic nitrogens is 2. The van der Waals surface area contributed by atoms with E-state index in [-0.39, 0.29) is 0 Å². The molecular weight excluding hydrogens is 262 g/mol. The fraction of sp³-hybridized carbons (Fsp3) is 0.438.